The lowest BCUT2D eigenvalue weighted by molar-refractivity contribution is 0.794. The second kappa shape index (κ2) is 9.50. The van der Waals surface area contributed by atoms with Gasteiger partial charge in [0.2, 0.25) is 0 Å². The fraction of sp³-hybridized carbons (Fsp3) is 0.0227. The Kier molecular flexibility index (Phi) is 5.24. The first-order chi connectivity index (χ1) is 22.8. The first kappa shape index (κ1) is 25.3. The molecule has 10 rings (SSSR count). The van der Waals surface area contributed by atoms with E-state index < -0.39 is 0 Å². The summed E-state index contributed by atoms with van der Waals surface area (Å²) < 4.78 is 2.27. The Bertz CT molecular complexity index is 2400. The lowest BCUT2D eigenvalue weighted by Gasteiger charge is -2.30. The van der Waals surface area contributed by atoms with Crippen LogP contribution in [0.5, 0.6) is 0 Å². The summed E-state index contributed by atoms with van der Waals surface area (Å²) in [6, 6.07) is 61.8. The number of rotatable bonds is 3. The van der Waals surface area contributed by atoms with Crippen molar-refractivity contribution < 1.29 is 0 Å². The smallest absolute Gasteiger partial charge is 0.145 e. The van der Waals surface area contributed by atoms with Crippen LogP contribution in [-0.4, -0.2) is 9.55 Å². The van der Waals surface area contributed by atoms with Gasteiger partial charge in [0.25, 0.3) is 0 Å². The number of nitrogens with zero attached hydrogens (tertiary/aromatic N) is 2. The molecule has 7 aromatic carbocycles. The third kappa shape index (κ3) is 3.33. The summed E-state index contributed by atoms with van der Waals surface area (Å²) >= 11 is 0. The Hall–Kier alpha value is -5.99. The molecule has 0 fully saturated rings. The van der Waals surface area contributed by atoms with Crippen LogP contribution >= 0.6 is 0 Å². The van der Waals surface area contributed by atoms with E-state index in [9.17, 15) is 0 Å². The highest BCUT2D eigenvalue weighted by atomic mass is 15.1. The Labute approximate surface area is 267 Å². The van der Waals surface area contributed by atoms with Crippen LogP contribution in [0.2, 0.25) is 0 Å². The van der Waals surface area contributed by atoms with Crippen molar-refractivity contribution in [3.05, 3.63) is 192 Å². The van der Waals surface area contributed by atoms with Gasteiger partial charge in [0, 0.05) is 11.3 Å². The molecule has 46 heavy (non-hydrogen) atoms. The zero-order valence-corrected chi connectivity index (χ0v) is 25.1. The van der Waals surface area contributed by atoms with Gasteiger partial charge in [-0.1, -0.05) is 140 Å². The van der Waals surface area contributed by atoms with Gasteiger partial charge in [0.1, 0.15) is 5.82 Å². The molecule has 1 spiro atoms. The summed E-state index contributed by atoms with van der Waals surface area (Å²) in [5, 5.41) is 0. The molecule has 0 bridgehead atoms. The fourth-order valence-electron chi connectivity index (χ4n) is 8.15. The van der Waals surface area contributed by atoms with Crippen molar-refractivity contribution in [3.63, 3.8) is 0 Å². The molecule has 0 saturated heterocycles. The molecule has 2 aliphatic rings. The Morgan fingerprint density at radius 3 is 1.57 bits per heavy atom. The molecule has 0 amide bonds. The topological polar surface area (TPSA) is 17.8 Å². The van der Waals surface area contributed by atoms with Crippen LogP contribution in [0, 0.1) is 0 Å². The number of hydrogen-bond acceptors (Lipinski definition) is 1. The Morgan fingerprint density at radius 2 is 0.913 bits per heavy atom. The summed E-state index contributed by atoms with van der Waals surface area (Å²) in [6.45, 7) is 0. The average Bonchev–Trinajstić information content (AvgIpc) is 3.76. The second-order valence-corrected chi connectivity index (χ2v) is 12.3. The van der Waals surface area contributed by atoms with Gasteiger partial charge in [-0.3, -0.25) is 4.57 Å². The Balaban J connectivity index is 1.15. The summed E-state index contributed by atoms with van der Waals surface area (Å²) in [5.74, 6) is 0.949. The van der Waals surface area contributed by atoms with Crippen molar-refractivity contribution >= 4 is 11.0 Å². The van der Waals surface area contributed by atoms with Crippen LogP contribution in [0.1, 0.15) is 22.3 Å². The first-order valence-corrected chi connectivity index (χ1v) is 15.9. The van der Waals surface area contributed by atoms with Crippen LogP contribution in [0.4, 0.5) is 0 Å². The number of imidazole rings is 1. The third-order valence-electron chi connectivity index (χ3n) is 10.0. The van der Waals surface area contributed by atoms with Crippen molar-refractivity contribution in [1.29, 1.82) is 0 Å². The summed E-state index contributed by atoms with van der Waals surface area (Å²) in [5.41, 5.74) is 17.1. The largest absolute Gasteiger partial charge is 0.292 e. The van der Waals surface area contributed by atoms with Crippen molar-refractivity contribution in [2.45, 2.75) is 5.41 Å². The number of benzene rings is 7. The SMILES string of the molecule is c1ccc(-c2nc3ccccc3n2-c2ccc(-c3ccc4c(c3)C3(c5ccccc5-c5ccccc53)c3ccccc3-4)cc2)cc1. The van der Waals surface area contributed by atoms with Gasteiger partial charge in [0.05, 0.1) is 16.4 Å². The number of para-hydroxylation sites is 2. The summed E-state index contributed by atoms with van der Waals surface area (Å²) in [4.78, 5) is 5.04. The van der Waals surface area contributed by atoms with Crippen molar-refractivity contribution in [2.75, 3.05) is 0 Å². The highest BCUT2D eigenvalue weighted by Gasteiger charge is 2.51. The monoisotopic (exact) mass is 584 g/mol. The predicted octanol–water partition coefficient (Wildman–Crippen LogP) is 10.7. The van der Waals surface area contributed by atoms with E-state index in [4.69, 9.17) is 4.98 Å². The first-order valence-electron chi connectivity index (χ1n) is 15.9. The molecule has 2 heteroatoms. The minimum Gasteiger partial charge on any atom is -0.292 e. The van der Waals surface area contributed by atoms with Gasteiger partial charge in [-0.05, 0) is 86.0 Å². The lowest BCUT2D eigenvalue weighted by Crippen LogP contribution is -2.25. The fourth-order valence-corrected chi connectivity index (χ4v) is 8.15. The molecular weight excluding hydrogens is 556 g/mol. The minimum atomic E-state index is -0.338. The highest BCUT2D eigenvalue weighted by Crippen LogP contribution is 2.62. The van der Waals surface area contributed by atoms with Gasteiger partial charge in [-0.2, -0.15) is 0 Å². The number of fused-ring (bicyclic) bond motifs is 11. The Morgan fingerprint density at radius 1 is 0.391 bits per heavy atom. The van der Waals surface area contributed by atoms with Crippen molar-refractivity contribution in [2.24, 2.45) is 0 Å². The van der Waals surface area contributed by atoms with Crippen LogP contribution in [0.3, 0.4) is 0 Å². The molecule has 0 aliphatic heterocycles. The lowest BCUT2D eigenvalue weighted by atomic mass is 9.70. The maximum absolute atomic E-state index is 5.04. The van der Waals surface area contributed by atoms with E-state index in [1.807, 2.05) is 6.07 Å². The third-order valence-corrected chi connectivity index (χ3v) is 10.0. The van der Waals surface area contributed by atoms with E-state index in [0.717, 1.165) is 28.1 Å². The van der Waals surface area contributed by atoms with Crippen LogP contribution in [0.15, 0.2) is 170 Å². The van der Waals surface area contributed by atoms with E-state index in [0.29, 0.717) is 0 Å². The molecule has 0 unspecified atom stereocenters. The maximum Gasteiger partial charge on any atom is 0.145 e. The molecule has 0 atom stereocenters. The minimum absolute atomic E-state index is 0.338. The zero-order valence-electron chi connectivity index (χ0n) is 25.1. The van der Waals surface area contributed by atoms with E-state index >= 15 is 0 Å². The number of aromatic nitrogens is 2. The van der Waals surface area contributed by atoms with Gasteiger partial charge in [-0.25, -0.2) is 4.98 Å². The molecule has 214 valence electrons. The molecule has 8 aromatic rings. The van der Waals surface area contributed by atoms with Crippen molar-refractivity contribution in [1.82, 2.24) is 9.55 Å². The standard InChI is InChI=1S/C44H28N2/c1-2-12-30(13-3-1)43-45-41-20-10-11-21-42(41)46(43)32-25-22-29(23-26-32)31-24-27-36-35-16-6-9-19-39(35)44(40(36)28-31)37-17-7-4-14-33(37)34-15-5-8-18-38(34)44/h1-28H. The number of hydrogen-bond donors (Lipinski definition) is 0. The molecule has 1 aromatic heterocycles. The molecule has 2 aliphatic carbocycles. The van der Waals surface area contributed by atoms with Crippen molar-refractivity contribution in [3.8, 4) is 50.5 Å². The van der Waals surface area contributed by atoms with Gasteiger partial charge in [-0.15, -0.1) is 0 Å². The second-order valence-electron chi connectivity index (χ2n) is 12.3. The summed E-state index contributed by atoms with van der Waals surface area (Å²) in [7, 11) is 0. The predicted molar refractivity (Wildman–Crippen MR) is 188 cm³/mol. The van der Waals surface area contributed by atoms with Crippen LogP contribution in [0.25, 0.3) is 61.5 Å². The zero-order chi connectivity index (χ0) is 30.2. The maximum atomic E-state index is 5.04. The molecule has 0 radical (unpaired) electrons. The highest BCUT2D eigenvalue weighted by molar-refractivity contribution is 5.96. The van der Waals surface area contributed by atoms with Crippen LogP contribution in [-0.2, 0) is 5.41 Å². The average molecular weight is 585 g/mol. The summed E-state index contributed by atoms with van der Waals surface area (Å²) in [6.07, 6.45) is 0. The molecule has 1 heterocycles. The van der Waals surface area contributed by atoms with E-state index in [2.05, 4.69) is 168 Å². The van der Waals surface area contributed by atoms with Gasteiger partial charge >= 0.3 is 0 Å². The van der Waals surface area contributed by atoms with Gasteiger partial charge < -0.3 is 0 Å². The molecule has 2 nitrogen and oxygen atoms in total. The molecule has 0 N–H and O–H groups in total. The van der Waals surface area contributed by atoms with E-state index in [1.54, 1.807) is 0 Å². The van der Waals surface area contributed by atoms with Gasteiger partial charge in [0.15, 0.2) is 0 Å². The normalized spacial score (nSPS) is 13.4. The quantitative estimate of drug-likeness (QED) is 0.202. The van der Waals surface area contributed by atoms with Crippen LogP contribution < -0.4 is 0 Å². The van der Waals surface area contributed by atoms with E-state index in [-0.39, 0.29) is 5.41 Å². The molecular formula is C44H28N2. The van der Waals surface area contributed by atoms with E-state index in [1.165, 1.54) is 55.6 Å². The molecule has 0 saturated carbocycles.